The van der Waals surface area contributed by atoms with Crippen LogP contribution in [0.5, 0.6) is 0 Å². The number of halogens is 2. The van der Waals surface area contributed by atoms with Crippen molar-refractivity contribution in [1.82, 2.24) is 4.90 Å². The maximum Gasteiger partial charge on any atom is 0.0241 e. The number of likely N-dealkylation sites (N-methyl/N-ethyl adjacent to an activating group) is 1. The molecule has 1 aliphatic heterocycles. The van der Waals surface area contributed by atoms with Crippen molar-refractivity contribution in [3.63, 3.8) is 0 Å². The molecule has 0 bridgehead atoms. The van der Waals surface area contributed by atoms with Crippen LogP contribution in [0.15, 0.2) is 0 Å². The highest BCUT2D eigenvalue weighted by Crippen LogP contribution is 2.16. The van der Waals surface area contributed by atoms with Gasteiger partial charge in [0.05, 0.1) is 0 Å². The van der Waals surface area contributed by atoms with Crippen molar-refractivity contribution >= 4 is 24.8 Å². The third kappa shape index (κ3) is 3.61. The van der Waals surface area contributed by atoms with E-state index in [2.05, 4.69) is 18.9 Å². The van der Waals surface area contributed by atoms with Crippen LogP contribution in [0.25, 0.3) is 0 Å². The summed E-state index contributed by atoms with van der Waals surface area (Å²) in [6, 6.07) is 0.988. The van der Waals surface area contributed by atoms with Crippen LogP contribution in [0.2, 0.25) is 0 Å². The van der Waals surface area contributed by atoms with Crippen molar-refractivity contribution in [3.8, 4) is 0 Å². The smallest absolute Gasteiger partial charge is 0.0241 e. The molecule has 2 atom stereocenters. The highest BCUT2D eigenvalue weighted by atomic mass is 35.5. The second-order valence-corrected chi connectivity index (χ2v) is 3.05. The second kappa shape index (κ2) is 6.06. The van der Waals surface area contributed by atoms with Gasteiger partial charge in [0.1, 0.15) is 0 Å². The number of likely N-dealkylation sites (tertiary alicyclic amines) is 1. The Morgan fingerprint density at radius 3 is 2.18 bits per heavy atom. The molecule has 0 aromatic rings. The molecule has 0 amide bonds. The summed E-state index contributed by atoms with van der Waals surface area (Å²) in [5.74, 6) is 0. The topological polar surface area (TPSA) is 29.3 Å². The predicted molar refractivity (Wildman–Crippen MR) is 53.8 cm³/mol. The van der Waals surface area contributed by atoms with Crippen LogP contribution in [0, 0.1) is 0 Å². The molecule has 1 unspecified atom stereocenters. The molecule has 1 rings (SSSR count). The molecule has 70 valence electrons. The lowest BCUT2D eigenvalue weighted by Crippen LogP contribution is -2.39. The Morgan fingerprint density at radius 2 is 2.00 bits per heavy atom. The lowest BCUT2D eigenvalue weighted by atomic mass is 10.1. The first kappa shape index (κ1) is 14.0. The van der Waals surface area contributed by atoms with E-state index in [0.717, 1.165) is 0 Å². The zero-order chi connectivity index (χ0) is 6.85. The first-order chi connectivity index (χ1) is 4.22. The molecule has 2 nitrogen and oxygen atoms in total. The van der Waals surface area contributed by atoms with Gasteiger partial charge in [0.25, 0.3) is 0 Å². The third-order valence-corrected chi connectivity index (χ3v) is 2.18. The molecule has 4 heteroatoms. The van der Waals surface area contributed by atoms with E-state index in [-0.39, 0.29) is 24.8 Å². The molecule has 0 spiro atoms. The molecule has 0 aliphatic carbocycles. The van der Waals surface area contributed by atoms with Gasteiger partial charge in [-0.25, -0.2) is 0 Å². The molecule has 0 aromatic carbocycles. The van der Waals surface area contributed by atoms with Gasteiger partial charge in [-0.2, -0.15) is 0 Å². The van der Waals surface area contributed by atoms with Crippen LogP contribution in [0.1, 0.15) is 19.8 Å². The minimum absolute atomic E-state index is 0. The summed E-state index contributed by atoms with van der Waals surface area (Å²) in [5.41, 5.74) is 5.75. The van der Waals surface area contributed by atoms with Gasteiger partial charge in [-0.3, -0.25) is 0 Å². The Hall–Kier alpha value is 0.500. The fourth-order valence-corrected chi connectivity index (χ4v) is 1.60. The first-order valence-electron chi connectivity index (χ1n) is 3.67. The zero-order valence-electron chi connectivity index (χ0n) is 7.12. The molecule has 0 aromatic heterocycles. The zero-order valence-corrected chi connectivity index (χ0v) is 8.75. The molecular weight excluding hydrogens is 183 g/mol. The van der Waals surface area contributed by atoms with E-state index in [1.807, 2.05) is 0 Å². The SMILES string of the molecule is C[C@H](N)C1CCCN1C.Cl.Cl. The van der Waals surface area contributed by atoms with Gasteiger partial charge < -0.3 is 10.6 Å². The van der Waals surface area contributed by atoms with Gasteiger partial charge in [-0.15, -0.1) is 24.8 Å². The number of nitrogens with two attached hydrogens (primary N) is 1. The van der Waals surface area contributed by atoms with E-state index >= 15 is 0 Å². The minimum Gasteiger partial charge on any atom is -0.327 e. The van der Waals surface area contributed by atoms with E-state index in [1.54, 1.807) is 0 Å². The standard InChI is InChI=1S/C7H16N2.2ClH/c1-6(8)7-4-3-5-9(7)2;;/h6-7H,3-5,8H2,1-2H3;2*1H/t6-,7?;;/m0../s1. The van der Waals surface area contributed by atoms with Crippen molar-refractivity contribution in [2.45, 2.75) is 31.8 Å². The largest absolute Gasteiger partial charge is 0.327 e. The molecule has 0 radical (unpaired) electrons. The van der Waals surface area contributed by atoms with Gasteiger partial charge in [-0.1, -0.05) is 0 Å². The molecule has 1 aliphatic rings. The monoisotopic (exact) mass is 200 g/mol. The van der Waals surface area contributed by atoms with Crippen LogP contribution in [-0.2, 0) is 0 Å². The molecule has 1 fully saturated rings. The van der Waals surface area contributed by atoms with E-state index in [9.17, 15) is 0 Å². The predicted octanol–water partition coefficient (Wildman–Crippen LogP) is 1.27. The van der Waals surface area contributed by atoms with Crippen LogP contribution >= 0.6 is 24.8 Å². The average Bonchev–Trinajstić information content (AvgIpc) is 2.13. The fourth-order valence-electron chi connectivity index (χ4n) is 1.60. The van der Waals surface area contributed by atoms with Crippen molar-refractivity contribution in [2.75, 3.05) is 13.6 Å². The van der Waals surface area contributed by atoms with Crippen molar-refractivity contribution in [3.05, 3.63) is 0 Å². The van der Waals surface area contributed by atoms with Crippen LogP contribution < -0.4 is 5.73 Å². The highest BCUT2D eigenvalue weighted by Gasteiger charge is 2.23. The lowest BCUT2D eigenvalue weighted by molar-refractivity contribution is 0.280. The summed E-state index contributed by atoms with van der Waals surface area (Å²) in [6.45, 7) is 3.32. The van der Waals surface area contributed by atoms with E-state index in [1.165, 1.54) is 19.4 Å². The summed E-state index contributed by atoms with van der Waals surface area (Å²) in [5, 5.41) is 0. The van der Waals surface area contributed by atoms with Gasteiger partial charge in [-0.05, 0) is 33.4 Å². The molecule has 1 saturated heterocycles. The quantitative estimate of drug-likeness (QED) is 0.692. The average molecular weight is 201 g/mol. The highest BCUT2D eigenvalue weighted by molar-refractivity contribution is 5.85. The second-order valence-electron chi connectivity index (χ2n) is 3.05. The Labute approximate surface area is 81.3 Å². The lowest BCUT2D eigenvalue weighted by Gasteiger charge is -2.22. The van der Waals surface area contributed by atoms with E-state index < -0.39 is 0 Å². The molecule has 1 heterocycles. The summed E-state index contributed by atoms with van der Waals surface area (Å²) >= 11 is 0. The summed E-state index contributed by atoms with van der Waals surface area (Å²) in [4.78, 5) is 2.35. The summed E-state index contributed by atoms with van der Waals surface area (Å²) in [6.07, 6.45) is 2.61. The molecular formula is C7H18Cl2N2. The minimum atomic E-state index is 0. The number of hydrogen-bond donors (Lipinski definition) is 1. The first-order valence-corrected chi connectivity index (χ1v) is 3.67. The Morgan fingerprint density at radius 1 is 1.45 bits per heavy atom. The van der Waals surface area contributed by atoms with Crippen LogP contribution in [0.3, 0.4) is 0 Å². The van der Waals surface area contributed by atoms with Gasteiger partial charge in [0.2, 0.25) is 0 Å². The Balaban J connectivity index is 0. The maximum atomic E-state index is 5.75. The van der Waals surface area contributed by atoms with Gasteiger partial charge >= 0.3 is 0 Å². The number of rotatable bonds is 1. The van der Waals surface area contributed by atoms with Gasteiger partial charge in [0, 0.05) is 12.1 Å². The van der Waals surface area contributed by atoms with Crippen molar-refractivity contribution in [1.29, 1.82) is 0 Å². The maximum absolute atomic E-state index is 5.75. The number of hydrogen-bond acceptors (Lipinski definition) is 2. The van der Waals surface area contributed by atoms with Crippen molar-refractivity contribution < 1.29 is 0 Å². The summed E-state index contributed by atoms with van der Waals surface area (Å²) in [7, 11) is 2.15. The Kier molecular flexibility index (Phi) is 7.75. The fraction of sp³-hybridized carbons (Fsp3) is 1.00. The summed E-state index contributed by atoms with van der Waals surface area (Å²) < 4.78 is 0. The third-order valence-electron chi connectivity index (χ3n) is 2.18. The van der Waals surface area contributed by atoms with Crippen LogP contribution in [0.4, 0.5) is 0 Å². The molecule has 11 heavy (non-hydrogen) atoms. The number of nitrogens with zero attached hydrogens (tertiary/aromatic N) is 1. The normalized spacial score (nSPS) is 27.0. The van der Waals surface area contributed by atoms with Gasteiger partial charge in [0.15, 0.2) is 0 Å². The molecule has 0 saturated carbocycles. The van der Waals surface area contributed by atoms with Crippen molar-refractivity contribution in [2.24, 2.45) is 5.73 Å². The van der Waals surface area contributed by atoms with Crippen LogP contribution in [-0.4, -0.2) is 30.6 Å². The van der Waals surface area contributed by atoms with E-state index in [0.29, 0.717) is 12.1 Å². The Bertz CT molecular complexity index is 98.4. The van der Waals surface area contributed by atoms with E-state index in [4.69, 9.17) is 5.73 Å². The molecule has 2 N–H and O–H groups in total.